The van der Waals surface area contributed by atoms with Gasteiger partial charge in [0.05, 0.1) is 25.1 Å². The number of benzene rings is 1. The molecular weight excluding hydrogens is 282 g/mol. The molecule has 0 aliphatic carbocycles. The maximum absolute atomic E-state index is 5.49. The quantitative estimate of drug-likeness (QED) is 0.872. The van der Waals surface area contributed by atoms with Crippen LogP contribution in [0.4, 0.5) is 0 Å². The monoisotopic (exact) mass is 305 g/mol. The number of nitrogens with one attached hydrogen (secondary N) is 1. The highest BCUT2D eigenvalue weighted by Gasteiger charge is 2.20. The SMILES string of the molecule is CCNC(c1cc(C)c(OC)c(C)c1)c1sccc1OC. The van der Waals surface area contributed by atoms with E-state index in [9.17, 15) is 0 Å². The Hall–Kier alpha value is -1.52. The normalized spacial score (nSPS) is 12.2. The summed E-state index contributed by atoms with van der Waals surface area (Å²) in [6.07, 6.45) is 0. The number of rotatable bonds is 6. The van der Waals surface area contributed by atoms with Crippen molar-refractivity contribution in [3.63, 3.8) is 0 Å². The number of hydrogen-bond donors (Lipinski definition) is 1. The molecule has 1 atom stereocenters. The number of hydrogen-bond acceptors (Lipinski definition) is 4. The summed E-state index contributed by atoms with van der Waals surface area (Å²) in [7, 11) is 3.44. The highest BCUT2D eigenvalue weighted by Crippen LogP contribution is 2.37. The van der Waals surface area contributed by atoms with Gasteiger partial charge in [-0.25, -0.2) is 0 Å². The van der Waals surface area contributed by atoms with Crippen LogP contribution in [0, 0.1) is 13.8 Å². The van der Waals surface area contributed by atoms with Crippen molar-refractivity contribution < 1.29 is 9.47 Å². The van der Waals surface area contributed by atoms with Gasteiger partial charge < -0.3 is 14.8 Å². The Morgan fingerprint density at radius 2 is 1.81 bits per heavy atom. The maximum atomic E-state index is 5.49. The second kappa shape index (κ2) is 6.96. The molecule has 0 radical (unpaired) electrons. The summed E-state index contributed by atoms with van der Waals surface area (Å²) in [6, 6.07) is 6.55. The van der Waals surface area contributed by atoms with E-state index in [1.807, 2.05) is 6.07 Å². The Morgan fingerprint density at radius 1 is 1.14 bits per heavy atom. The van der Waals surface area contributed by atoms with E-state index in [-0.39, 0.29) is 6.04 Å². The second-order valence-electron chi connectivity index (χ2n) is 5.03. The molecule has 3 nitrogen and oxygen atoms in total. The first-order valence-electron chi connectivity index (χ1n) is 7.12. The van der Waals surface area contributed by atoms with E-state index >= 15 is 0 Å². The van der Waals surface area contributed by atoms with Gasteiger partial charge in [0.1, 0.15) is 11.5 Å². The van der Waals surface area contributed by atoms with Crippen molar-refractivity contribution in [3.05, 3.63) is 45.1 Å². The van der Waals surface area contributed by atoms with E-state index < -0.39 is 0 Å². The minimum absolute atomic E-state index is 0.147. The lowest BCUT2D eigenvalue weighted by Crippen LogP contribution is -2.21. The summed E-state index contributed by atoms with van der Waals surface area (Å²) in [6.45, 7) is 7.19. The highest BCUT2D eigenvalue weighted by atomic mass is 32.1. The third-order valence-corrected chi connectivity index (χ3v) is 4.53. The Bertz CT molecular complexity index is 584. The minimum atomic E-state index is 0.147. The van der Waals surface area contributed by atoms with E-state index in [2.05, 4.69) is 43.6 Å². The lowest BCUT2D eigenvalue weighted by Gasteiger charge is -2.21. The molecule has 4 heteroatoms. The van der Waals surface area contributed by atoms with Gasteiger partial charge in [-0.05, 0) is 48.5 Å². The minimum Gasteiger partial charge on any atom is -0.496 e. The molecule has 0 amide bonds. The average molecular weight is 305 g/mol. The fourth-order valence-corrected chi connectivity index (χ4v) is 3.69. The van der Waals surface area contributed by atoms with Crippen LogP contribution in [0.1, 0.15) is 34.5 Å². The topological polar surface area (TPSA) is 30.5 Å². The molecule has 21 heavy (non-hydrogen) atoms. The molecule has 2 aromatic rings. The van der Waals surface area contributed by atoms with Crippen LogP contribution >= 0.6 is 11.3 Å². The summed E-state index contributed by atoms with van der Waals surface area (Å²) in [5.41, 5.74) is 3.56. The molecule has 1 heterocycles. The predicted molar refractivity (Wildman–Crippen MR) is 88.9 cm³/mol. The van der Waals surface area contributed by atoms with Crippen LogP contribution in [0.15, 0.2) is 23.6 Å². The van der Waals surface area contributed by atoms with Crippen LogP contribution in [0.25, 0.3) is 0 Å². The third-order valence-electron chi connectivity index (χ3n) is 3.57. The number of aryl methyl sites for hydroxylation is 2. The Labute approximate surface area is 130 Å². The van der Waals surface area contributed by atoms with Crippen molar-refractivity contribution in [1.29, 1.82) is 0 Å². The Balaban J connectivity index is 2.48. The van der Waals surface area contributed by atoms with E-state index in [4.69, 9.17) is 9.47 Å². The molecule has 1 N–H and O–H groups in total. The fourth-order valence-electron chi connectivity index (χ4n) is 2.73. The molecule has 0 saturated heterocycles. The largest absolute Gasteiger partial charge is 0.496 e. The van der Waals surface area contributed by atoms with Crippen LogP contribution in [-0.4, -0.2) is 20.8 Å². The molecule has 0 saturated carbocycles. The van der Waals surface area contributed by atoms with Gasteiger partial charge in [-0.1, -0.05) is 19.1 Å². The van der Waals surface area contributed by atoms with Crippen molar-refractivity contribution in [2.45, 2.75) is 26.8 Å². The zero-order chi connectivity index (χ0) is 15.4. The molecule has 114 valence electrons. The van der Waals surface area contributed by atoms with Crippen LogP contribution in [-0.2, 0) is 0 Å². The van der Waals surface area contributed by atoms with Gasteiger partial charge in [0.25, 0.3) is 0 Å². The third kappa shape index (κ3) is 3.22. The maximum Gasteiger partial charge on any atom is 0.134 e. The number of ether oxygens (including phenoxy) is 2. The first-order valence-corrected chi connectivity index (χ1v) is 8.00. The van der Waals surface area contributed by atoms with Crippen LogP contribution in [0.2, 0.25) is 0 Å². The standard InChI is InChI=1S/C17H23NO2S/c1-6-18-15(17-14(19-4)7-8-21-17)13-9-11(2)16(20-5)12(3)10-13/h7-10,15,18H,6H2,1-5H3. The molecule has 0 bridgehead atoms. The molecule has 0 fully saturated rings. The van der Waals surface area contributed by atoms with Crippen LogP contribution in [0.3, 0.4) is 0 Å². The lowest BCUT2D eigenvalue weighted by molar-refractivity contribution is 0.406. The smallest absolute Gasteiger partial charge is 0.134 e. The molecule has 1 aromatic heterocycles. The second-order valence-corrected chi connectivity index (χ2v) is 5.98. The lowest BCUT2D eigenvalue weighted by atomic mass is 9.98. The molecular formula is C17H23NO2S. The van der Waals surface area contributed by atoms with Gasteiger partial charge in [-0.15, -0.1) is 11.3 Å². The van der Waals surface area contributed by atoms with Gasteiger partial charge in [0, 0.05) is 0 Å². The summed E-state index contributed by atoms with van der Waals surface area (Å²) in [5, 5.41) is 5.63. The fraction of sp³-hybridized carbons (Fsp3) is 0.412. The van der Waals surface area contributed by atoms with Gasteiger partial charge in [-0.3, -0.25) is 0 Å². The van der Waals surface area contributed by atoms with Crippen molar-refractivity contribution in [2.75, 3.05) is 20.8 Å². The van der Waals surface area contributed by atoms with Gasteiger partial charge in [-0.2, -0.15) is 0 Å². The summed E-state index contributed by atoms with van der Waals surface area (Å²) in [4.78, 5) is 1.21. The van der Waals surface area contributed by atoms with Crippen LogP contribution < -0.4 is 14.8 Å². The summed E-state index contributed by atoms with van der Waals surface area (Å²) >= 11 is 1.72. The number of methoxy groups -OCH3 is 2. The molecule has 1 aromatic carbocycles. The Morgan fingerprint density at radius 3 is 2.33 bits per heavy atom. The molecule has 1 unspecified atom stereocenters. The van der Waals surface area contributed by atoms with Crippen molar-refractivity contribution in [2.24, 2.45) is 0 Å². The predicted octanol–water partition coefficient (Wildman–Crippen LogP) is 4.08. The van der Waals surface area contributed by atoms with Gasteiger partial charge >= 0.3 is 0 Å². The molecule has 0 spiro atoms. The molecule has 0 aliphatic heterocycles. The van der Waals surface area contributed by atoms with Crippen molar-refractivity contribution >= 4 is 11.3 Å². The molecule has 0 aliphatic rings. The van der Waals surface area contributed by atoms with Gasteiger partial charge in [0.2, 0.25) is 0 Å². The molecule has 2 rings (SSSR count). The first-order chi connectivity index (χ1) is 10.1. The van der Waals surface area contributed by atoms with E-state index in [0.29, 0.717) is 0 Å². The zero-order valence-electron chi connectivity index (χ0n) is 13.3. The van der Waals surface area contributed by atoms with E-state index in [1.165, 1.54) is 10.4 Å². The van der Waals surface area contributed by atoms with Gasteiger partial charge in [0.15, 0.2) is 0 Å². The Kier molecular flexibility index (Phi) is 5.26. The average Bonchev–Trinajstić information content (AvgIpc) is 2.92. The number of thiophene rings is 1. The summed E-state index contributed by atoms with van der Waals surface area (Å²) < 4.78 is 10.9. The van der Waals surface area contributed by atoms with E-state index in [1.54, 1.807) is 25.6 Å². The van der Waals surface area contributed by atoms with E-state index in [0.717, 1.165) is 29.2 Å². The zero-order valence-corrected chi connectivity index (χ0v) is 14.1. The van der Waals surface area contributed by atoms with Crippen molar-refractivity contribution in [3.8, 4) is 11.5 Å². The first kappa shape index (κ1) is 15.9. The van der Waals surface area contributed by atoms with Crippen molar-refractivity contribution in [1.82, 2.24) is 5.32 Å². The highest BCUT2D eigenvalue weighted by molar-refractivity contribution is 7.10. The van der Waals surface area contributed by atoms with Crippen LogP contribution in [0.5, 0.6) is 11.5 Å². The summed E-state index contributed by atoms with van der Waals surface area (Å²) in [5.74, 6) is 1.91.